The predicted molar refractivity (Wildman–Crippen MR) is 62.1 cm³/mol. The molecule has 2 heterocycles. The summed E-state index contributed by atoms with van der Waals surface area (Å²) < 4.78 is 5.85. The third kappa shape index (κ3) is 2.29. The number of aliphatic hydroxyl groups excluding tert-OH is 1. The molecule has 0 aromatic heterocycles. The Morgan fingerprint density at radius 1 is 1.67 bits per heavy atom. The van der Waals surface area contributed by atoms with Crippen molar-refractivity contribution in [3.63, 3.8) is 0 Å². The van der Waals surface area contributed by atoms with Crippen LogP contribution in [0.1, 0.15) is 26.2 Å². The van der Waals surface area contributed by atoms with Crippen LogP contribution in [-0.2, 0) is 4.74 Å². The van der Waals surface area contributed by atoms with Gasteiger partial charge in [-0.25, -0.2) is 0 Å². The number of nitrogens with zero attached hydrogens (tertiary/aromatic N) is 1. The number of amidine groups is 1. The lowest BCUT2D eigenvalue weighted by Crippen LogP contribution is -2.40. The highest BCUT2D eigenvalue weighted by Crippen LogP contribution is 2.36. The monoisotopic (exact) mass is 230 g/mol. The van der Waals surface area contributed by atoms with Crippen molar-refractivity contribution in [2.75, 3.05) is 7.05 Å². The number of fused-ring (bicyclic) bond motifs is 1. The molecule has 86 valence electrons. The van der Waals surface area contributed by atoms with Gasteiger partial charge in [0.05, 0.1) is 18.2 Å². The van der Waals surface area contributed by atoms with Crippen molar-refractivity contribution < 1.29 is 9.84 Å². The van der Waals surface area contributed by atoms with Gasteiger partial charge in [0.1, 0.15) is 5.44 Å². The van der Waals surface area contributed by atoms with Gasteiger partial charge in [-0.15, -0.1) is 0 Å². The van der Waals surface area contributed by atoms with Gasteiger partial charge < -0.3 is 15.2 Å². The molecule has 2 aliphatic rings. The van der Waals surface area contributed by atoms with Gasteiger partial charge in [0.25, 0.3) is 0 Å². The van der Waals surface area contributed by atoms with Gasteiger partial charge in [-0.2, -0.15) is 0 Å². The lowest BCUT2D eigenvalue weighted by atomic mass is 10.00. The van der Waals surface area contributed by atoms with Crippen LogP contribution < -0.4 is 5.32 Å². The summed E-state index contributed by atoms with van der Waals surface area (Å²) in [5.74, 6) is 0. The van der Waals surface area contributed by atoms with Crippen LogP contribution in [0.3, 0.4) is 0 Å². The van der Waals surface area contributed by atoms with Crippen LogP contribution in [-0.4, -0.2) is 41.0 Å². The maximum atomic E-state index is 9.74. The zero-order valence-electron chi connectivity index (χ0n) is 9.14. The van der Waals surface area contributed by atoms with Crippen molar-refractivity contribution in [3.05, 3.63) is 0 Å². The summed E-state index contributed by atoms with van der Waals surface area (Å²) in [4.78, 5) is 4.51. The molecule has 15 heavy (non-hydrogen) atoms. The van der Waals surface area contributed by atoms with Crippen molar-refractivity contribution in [2.45, 2.75) is 49.9 Å². The minimum absolute atomic E-state index is 0.00449. The molecule has 0 amide bonds. The molecule has 2 rings (SSSR count). The summed E-state index contributed by atoms with van der Waals surface area (Å²) in [6.07, 6.45) is 2.36. The highest BCUT2D eigenvalue weighted by Gasteiger charge is 2.38. The summed E-state index contributed by atoms with van der Waals surface area (Å²) in [6, 6.07) is 0.276. The van der Waals surface area contributed by atoms with Crippen LogP contribution in [0.25, 0.3) is 0 Å². The van der Waals surface area contributed by atoms with Crippen LogP contribution in [0.4, 0.5) is 0 Å². The molecule has 0 bridgehead atoms. The Labute approximate surface area is 94.5 Å². The zero-order valence-corrected chi connectivity index (χ0v) is 9.96. The Kier molecular flexibility index (Phi) is 3.53. The summed E-state index contributed by atoms with van der Waals surface area (Å²) in [6.45, 7) is 1.98. The van der Waals surface area contributed by atoms with Gasteiger partial charge >= 0.3 is 0 Å². The van der Waals surface area contributed by atoms with E-state index in [4.69, 9.17) is 4.74 Å². The molecule has 4 nitrogen and oxygen atoms in total. The third-order valence-electron chi connectivity index (χ3n) is 2.94. The van der Waals surface area contributed by atoms with E-state index in [0.717, 1.165) is 24.4 Å². The fourth-order valence-electron chi connectivity index (χ4n) is 1.99. The largest absolute Gasteiger partial charge is 0.390 e. The molecule has 0 aliphatic carbocycles. The number of hydrogen-bond acceptors (Lipinski definition) is 5. The van der Waals surface area contributed by atoms with Gasteiger partial charge in [-0.1, -0.05) is 18.7 Å². The highest BCUT2D eigenvalue weighted by molar-refractivity contribution is 8.14. The van der Waals surface area contributed by atoms with Crippen molar-refractivity contribution in [2.24, 2.45) is 4.99 Å². The average Bonchev–Trinajstić information content (AvgIpc) is 2.69. The number of nitrogens with one attached hydrogen (secondary N) is 1. The van der Waals surface area contributed by atoms with Crippen LogP contribution in [0.5, 0.6) is 0 Å². The second-order valence-corrected chi connectivity index (χ2v) is 5.05. The zero-order chi connectivity index (χ0) is 10.8. The normalized spacial score (nSPS) is 37.0. The molecule has 1 fully saturated rings. The Hall–Kier alpha value is -0.260. The molecule has 2 aliphatic heterocycles. The number of hydrogen-bond donors (Lipinski definition) is 2. The van der Waals surface area contributed by atoms with E-state index < -0.39 is 0 Å². The number of ether oxygens (including phenoxy) is 1. The summed E-state index contributed by atoms with van der Waals surface area (Å²) >= 11 is 1.63. The van der Waals surface area contributed by atoms with Gasteiger partial charge in [-0.3, -0.25) is 4.99 Å². The minimum Gasteiger partial charge on any atom is -0.390 e. The van der Waals surface area contributed by atoms with E-state index in [0.29, 0.717) is 0 Å². The van der Waals surface area contributed by atoms with Gasteiger partial charge in [0.2, 0.25) is 0 Å². The molecule has 0 saturated carbocycles. The molecule has 0 aromatic rings. The van der Waals surface area contributed by atoms with E-state index in [2.05, 4.69) is 10.3 Å². The quantitative estimate of drug-likeness (QED) is 0.741. The second-order valence-electron chi connectivity index (χ2n) is 3.97. The lowest BCUT2D eigenvalue weighted by molar-refractivity contribution is -0.0800. The minimum atomic E-state index is -0.329. The summed E-state index contributed by atoms with van der Waals surface area (Å²) in [5.41, 5.74) is 0.104. The first-order valence-electron chi connectivity index (χ1n) is 5.50. The molecule has 0 aromatic carbocycles. The molecule has 1 saturated heterocycles. The van der Waals surface area contributed by atoms with Crippen LogP contribution >= 0.6 is 11.8 Å². The number of aliphatic hydroxyl groups is 1. The Morgan fingerprint density at radius 2 is 2.47 bits per heavy atom. The fraction of sp³-hybridized carbons (Fsp3) is 0.900. The molecule has 5 heteroatoms. The van der Waals surface area contributed by atoms with E-state index in [1.165, 1.54) is 0 Å². The smallest absolute Gasteiger partial charge is 0.159 e. The van der Waals surface area contributed by atoms with E-state index in [1.54, 1.807) is 11.8 Å². The van der Waals surface area contributed by atoms with E-state index in [9.17, 15) is 5.11 Å². The molecule has 0 unspecified atom stereocenters. The van der Waals surface area contributed by atoms with E-state index >= 15 is 0 Å². The average molecular weight is 230 g/mol. The van der Waals surface area contributed by atoms with Crippen LogP contribution in [0.15, 0.2) is 4.99 Å². The molecular weight excluding hydrogens is 212 g/mol. The molecule has 0 radical (unpaired) electrons. The van der Waals surface area contributed by atoms with Crippen molar-refractivity contribution in [3.8, 4) is 0 Å². The first kappa shape index (κ1) is 11.2. The summed E-state index contributed by atoms with van der Waals surface area (Å²) in [7, 11) is 1.88. The molecule has 4 atom stereocenters. The lowest BCUT2D eigenvalue weighted by Gasteiger charge is -2.32. The maximum absolute atomic E-state index is 9.74. The first-order chi connectivity index (χ1) is 7.24. The van der Waals surface area contributed by atoms with Gasteiger partial charge in [-0.05, 0) is 19.3 Å². The number of rotatable bonds is 2. The highest BCUT2D eigenvalue weighted by atomic mass is 32.2. The Balaban J connectivity index is 1.93. The third-order valence-corrected chi connectivity index (χ3v) is 4.13. The SMILES string of the molecule is CC[C@H](O)[C@H]1CC[C@H]2N=C(NC)S[C@H]2O1. The van der Waals surface area contributed by atoms with Gasteiger partial charge in [0, 0.05) is 7.05 Å². The van der Waals surface area contributed by atoms with Crippen LogP contribution in [0.2, 0.25) is 0 Å². The Morgan fingerprint density at radius 3 is 3.13 bits per heavy atom. The van der Waals surface area contributed by atoms with E-state index in [-0.39, 0.29) is 23.7 Å². The number of thioether (sulfide) groups is 1. The predicted octanol–water partition coefficient (Wildman–Crippen LogP) is 0.953. The molecular formula is C10H18N2O2S. The van der Waals surface area contributed by atoms with E-state index in [1.807, 2.05) is 14.0 Å². The first-order valence-corrected chi connectivity index (χ1v) is 6.38. The van der Waals surface area contributed by atoms with Crippen molar-refractivity contribution >= 4 is 16.9 Å². The van der Waals surface area contributed by atoms with Crippen molar-refractivity contribution in [1.29, 1.82) is 0 Å². The molecule has 0 spiro atoms. The van der Waals surface area contributed by atoms with Crippen molar-refractivity contribution in [1.82, 2.24) is 5.32 Å². The standard InChI is InChI=1S/C10H18N2O2S/c1-3-7(13)8-5-4-6-9(14-8)15-10(11-2)12-6/h6-9,13H,3-5H2,1-2H3,(H,11,12)/t6-,7+,8-,9-/m1/s1. The number of aliphatic imine (C=N–C) groups is 1. The van der Waals surface area contributed by atoms with Crippen LogP contribution in [0, 0.1) is 0 Å². The topological polar surface area (TPSA) is 53.9 Å². The Bertz CT molecular complexity index is 260. The summed E-state index contributed by atoms with van der Waals surface area (Å²) in [5, 5.41) is 13.7. The second kappa shape index (κ2) is 4.72. The maximum Gasteiger partial charge on any atom is 0.159 e. The van der Waals surface area contributed by atoms with Gasteiger partial charge in [0.15, 0.2) is 5.17 Å². The molecule has 2 N–H and O–H groups in total. The fourth-order valence-corrected chi connectivity index (χ4v) is 3.08.